The van der Waals surface area contributed by atoms with Crippen LogP contribution in [-0.2, 0) is 9.59 Å². The molecule has 0 bridgehead atoms. The van der Waals surface area contributed by atoms with Crippen LogP contribution in [0.1, 0.15) is 71.6 Å². The van der Waals surface area contributed by atoms with Gasteiger partial charge in [0, 0.05) is 12.3 Å². The Morgan fingerprint density at radius 2 is 1.96 bits per heavy atom. The number of carboxylic acids is 1. The van der Waals surface area contributed by atoms with Gasteiger partial charge in [0.15, 0.2) is 5.60 Å². The molecule has 0 aromatic rings. The van der Waals surface area contributed by atoms with Gasteiger partial charge in [-0.15, -0.1) is 0 Å². The summed E-state index contributed by atoms with van der Waals surface area (Å²) in [4.78, 5) is 23.5. The lowest BCUT2D eigenvalue weighted by atomic mass is 9.87. The Morgan fingerprint density at radius 3 is 2.61 bits per heavy atom. The molecule has 1 unspecified atom stereocenters. The van der Waals surface area contributed by atoms with Crippen LogP contribution in [0.15, 0.2) is 24.3 Å². The summed E-state index contributed by atoms with van der Waals surface area (Å²) in [6.07, 6.45) is 18.7. The molecule has 4 nitrogen and oxygen atoms in total. The van der Waals surface area contributed by atoms with Gasteiger partial charge in [-0.3, -0.25) is 4.79 Å². The molecule has 1 aliphatic carbocycles. The third-order valence-electron chi connectivity index (χ3n) is 5.66. The van der Waals surface area contributed by atoms with Crippen molar-refractivity contribution in [2.45, 2.75) is 77.2 Å². The fourth-order valence-corrected chi connectivity index (χ4v) is 4.60. The van der Waals surface area contributed by atoms with Gasteiger partial charge in [-0.05, 0) is 62.9 Å². The average Bonchev–Trinajstić information content (AvgIpc) is 2.92. The fraction of sp³-hybridized carbons (Fsp3) is 0.739. The van der Waals surface area contributed by atoms with E-state index >= 15 is 0 Å². The smallest absolute Gasteiger partial charge is 0.335 e. The van der Waals surface area contributed by atoms with E-state index in [1.54, 1.807) is 11.8 Å². The third kappa shape index (κ3) is 8.52. The number of aliphatic hydroxyl groups is 1. The number of unbranched alkanes of at least 4 members (excludes halogenated alkanes) is 4. The minimum absolute atomic E-state index is 0.0280. The first kappa shape index (κ1) is 25.0. The van der Waals surface area contributed by atoms with Gasteiger partial charge >= 0.3 is 5.97 Å². The molecule has 1 saturated carbocycles. The Morgan fingerprint density at radius 1 is 1.21 bits per heavy atom. The second kappa shape index (κ2) is 13.2. The monoisotopic (exact) mass is 410 g/mol. The lowest BCUT2D eigenvalue weighted by Gasteiger charge is -2.19. The molecule has 2 N–H and O–H groups in total. The van der Waals surface area contributed by atoms with Gasteiger partial charge in [0.2, 0.25) is 0 Å². The van der Waals surface area contributed by atoms with Gasteiger partial charge in [-0.25, -0.2) is 4.79 Å². The average molecular weight is 411 g/mol. The van der Waals surface area contributed by atoms with Gasteiger partial charge in [-0.1, -0.05) is 50.5 Å². The molecule has 28 heavy (non-hydrogen) atoms. The third-order valence-corrected chi connectivity index (χ3v) is 6.43. The van der Waals surface area contributed by atoms with Crippen LogP contribution < -0.4 is 0 Å². The van der Waals surface area contributed by atoms with Crippen molar-refractivity contribution in [3.8, 4) is 0 Å². The number of hydrogen-bond donors (Lipinski definition) is 2. The standard InChI is InChI=1S/C23H38O4S/c1-4-5-6-7-8-10-13-19-18(17-28-3)16-21(24)20(19)14-11-9-12-15-23(2,27)22(25)26/h9-11,13,18-20,27H,4-8,12,14-17H2,1-3H3,(H,25,26)/b11-9-,13-10+/t18-,19-,20+,23?/m0/s1. The lowest BCUT2D eigenvalue weighted by Crippen LogP contribution is -2.34. The van der Waals surface area contributed by atoms with E-state index in [9.17, 15) is 14.7 Å². The molecule has 0 aromatic carbocycles. The summed E-state index contributed by atoms with van der Waals surface area (Å²) in [5, 5.41) is 18.7. The molecule has 1 aliphatic rings. The van der Waals surface area contributed by atoms with Crippen LogP contribution in [0, 0.1) is 17.8 Å². The summed E-state index contributed by atoms with van der Waals surface area (Å²) >= 11 is 1.81. The number of thioether (sulfide) groups is 1. The summed E-state index contributed by atoms with van der Waals surface area (Å²) in [7, 11) is 0. The van der Waals surface area contributed by atoms with Crippen LogP contribution in [0.3, 0.4) is 0 Å². The lowest BCUT2D eigenvalue weighted by molar-refractivity contribution is -0.157. The molecular formula is C23H38O4S. The van der Waals surface area contributed by atoms with Crippen LogP contribution >= 0.6 is 11.8 Å². The molecule has 1 fully saturated rings. The molecule has 0 radical (unpaired) electrons. The number of Topliss-reactive ketones (excluding diaryl/α,β-unsaturated/α-hetero) is 1. The fourth-order valence-electron chi connectivity index (χ4n) is 3.83. The van der Waals surface area contributed by atoms with Crippen molar-refractivity contribution in [1.29, 1.82) is 0 Å². The number of carboxylic acid groups (broad SMARTS) is 1. The SMILES string of the molecule is CCCCCC/C=C/[C@H]1[C@H](CSC)CC(=O)[C@@H]1C/C=C\CCC(C)(O)C(=O)O. The molecule has 0 amide bonds. The molecular weight excluding hydrogens is 372 g/mol. The van der Waals surface area contributed by atoms with Crippen LogP contribution in [0.2, 0.25) is 0 Å². The van der Waals surface area contributed by atoms with Gasteiger partial charge in [0.25, 0.3) is 0 Å². The van der Waals surface area contributed by atoms with Crippen molar-refractivity contribution in [2.75, 3.05) is 12.0 Å². The maximum atomic E-state index is 12.6. The summed E-state index contributed by atoms with van der Waals surface area (Å²) in [5.41, 5.74) is -1.69. The van der Waals surface area contributed by atoms with Gasteiger partial charge in [0.05, 0.1) is 0 Å². The molecule has 1 rings (SSSR count). The summed E-state index contributed by atoms with van der Waals surface area (Å²) in [6.45, 7) is 3.53. The van der Waals surface area contributed by atoms with E-state index in [0.717, 1.165) is 12.2 Å². The first-order valence-corrected chi connectivity index (χ1v) is 12.0. The normalized spacial score (nSPS) is 25.0. The van der Waals surface area contributed by atoms with Crippen molar-refractivity contribution < 1.29 is 19.8 Å². The maximum Gasteiger partial charge on any atom is 0.335 e. The van der Waals surface area contributed by atoms with Gasteiger partial charge < -0.3 is 10.2 Å². The predicted octanol–water partition coefficient (Wildman–Crippen LogP) is 5.26. The highest BCUT2D eigenvalue weighted by molar-refractivity contribution is 7.98. The molecule has 160 valence electrons. The van der Waals surface area contributed by atoms with Crippen molar-refractivity contribution >= 4 is 23.5 Å². The first-order chi connectivity index (χ1) is 13.3. The second-order valence-electron chi connectivity index (χ2n) is 8.17. The van der Waals surface area contributed by atoms with E-state index < -0.39 is 11.6 Å². The van der Waals surface area contributed by atoms with Crippen LogP contribution in [0.5, 0.6) is 0 Å². The number of allylic oxidation sites excluding steroid dienone is 4. The molecule has 4 atom stereocenters. The Bertz CT molecular complexity index is 539. The van der Waals surface area contributed by atoms with Gasteiger partial charge in [-0.2, -0.15) is 11.8 Å². The van der Waals surface area contributed by atoms with Crippen LogP contribution in [0.25, 0.3) is 0 Å². The van der Waals surface area contributed by atoms with Crippen LogP contribution in [0.4, 0.5) is 0 Å². The van der Waals surface area contributed by atoms with Crippen molar-refractivity contribution in [1.82, 2.24) is 0 Å². The van der Waals surface area contributed by atoms with Gasteiger partial charge in [0.1, 0.15) is 5.78 Å². The highest BCUT2D eigenvalue weighted by Gasteiger charge is 2.39. The Hall–Kier alpha value is -1.07. The van der Waals surface area contributed by atoms with E-state index in [1.165, 1.54) is 32.6 Å². The van der Waals surface area contributed by atoms with E-state index in [0.29, 0.717) is 36.9 Å². The predicted molar refractivity (Wildman–Crippen MR) is 118 cm³/mol. The van der Waals surface area contributed by atoms with E-state index in [4.69, 9.17) is 5.11 Å². The summed E-state index contributed by atoms with van der Waals surface area (Å²) in [5.74, 6) is 0.912. The van der Waals surface area contributed by atoms with Crippen LogP contribution in [-0.4, -0.2) is 39.6 Å². The van der Waals surface area contributed by atoms with E-state index in [2.05, 4.69) is 25.3 Å². The number of rotatable bonds is 14. The zero-order chi connectivity index (χ0) is 21.0. The highest BCUT2D eigenvalue weighted by Crippen LogP contribution is 2.39. The zero-order valence-electron chi connectivity index (χ0n) is 17.7. The molecule has 0 heterocycles. The number of hydrogen-bond acceptors (Lipinski definition) is 4. The summed E-state index contributed by atoms with van der Waals surface area (Å²) in [6, 6.07) is 0. The van der Waals surface area contributed by atoms with Crippen molar-refractivity contribution in [2.24, 2.45) is 17.8 Å². The maximum absolute atomic E-state index is 12.6. The Labute approximate surface area is 174 Å². The largest absolute Gasteiger partial charge is 0.479 e. The summed E-state index contributed by atoms with van der Waals surface area (Å²) < 4.78 is 0. The molecule has 5 heteroatoms. The van der Waals surface area contributed by atoms with E-state index in [-0.39, 0.29) is 12.3 Å². The number of carbonyl (C=O) groups excluding carboxylic acids is 1. The Kier molecular flexibility index (Phi) is 11.8. The highest BCUT2D eigenvalue weighted by atomic mass is 32.2. The second-order valence-corrected chi connectivity index (χ2v) is 9.08. The number of ketones is 1. The van der Waals surface area contributed by atoms with E-state index in [1.807, 2.05) is 12.2 Å². The number of carbonyl (C=O) groups is 2. The first-order valence-electron chi connectivity index (χ1n) is 10.6. The molecule has 0 aliphatic heterocycles. The molecule has 0 aromatic heterocycles. The number of aliphatic carboxylic acids is 1. The molecule has 0 spiro atoms. The zero-order valence-corrected chi connectivity index (χ0v) is 18.5. The topological polar surface area (TPSA) is 74.6 Å². The minimum Gasteiger partial charge on any atom is -0.479 e. The quantitative estimate of drug-likeness (QED) is 0.302. The van der Waals surface area contributed by atoms with Crippen molar-refractivity contribution in [3.63, 3.8) is 0 Å². The minimum atomic E-state index is -1.69. The van der Waals surface area contributed by atoms with Crippen molar-refractivity contribution in [3.05, 3.63) is 24.3 Å². The Balaban J connectivity index is 2.59. The molecule has 0 saturated heterocycles.